The highest BCUT2D eigenvalue weighted by atomic mass is 16.1. The molecule has 1 heteroatoms. The van der Waals surface area contributed by atoms with Crippen LogP contribution in [0.2, 0.25) is 0 Å². The minimum atomic E-state index is 0.732. The number of unbranched alkanes of at least 4 members (excludes halogenated alkanes) is 6. The van der Waals surface area contributed by atoms with Crippen molar-refractivity contribution < 1.29 is 4.79 Å². The largest absolute Gasteiger partial charge is 0.303 e. The van der Waals surface area contributed by atoms with Crippen molar-refractivity contribution in [1.82, 2.24) is 0 Å². The zero-order chi connectivity index (χ0) is 11.2. The fourth-order valence-electron chi connectivity index (χ4n) is 1.36. The van der Waals surface area contributed by atoms with Gasteiger partial charge in [-0.05, 0) is 25.7 Å². The molecule has 0 rings (SSSR count). The van der Waals surface area contributed by atoms with Crippen molar-refractivity contribution in [2.45, 2.75) is 58.3 Å². The van der Waals surface area contributed by atoms with Crippen LogP contribution in [0.15, 0.2) is 24.3 Å². The standard InChI is InChI=1S/C14H24O/c1-2-3-4-5-6-7-8-9-10-11-12-13-14-15/h4-7,14H,2-3,8-13H2,1H3/b5-4?,7-6+. The smallest absolute Gasteiger partial charge is 0.119 e. The predicted molar refractivity (Wildman–Crippen MR) is 67.0 cm³/mol. The van der Waals surface area contributed by atoms with Gasteiger partial charge in [0.2, 0.25) is 0 Å². The quantitative estimate of drug-likeness (QED) is 0.295. The van der Waals surface area contributed by atoms with Crippen LogP contribution in [-0.2, 0) is 4.79 Å². The second-order valence-electron chi connectivity index (χ2n) is 3.80. The second-order valence-corrected chi connectivity index (χ2v) is 3.80. The molecule has 0 atom stereocenters. The van der Waals surface area contributed by atoms with Crippen molar-refractivity contribution in [2.24, 2.45) is 0 Å². The van der Waals surface area contributed by atoms with E-state index in [9.17, 15) is 4.79 Å². The molecule has 0 aromatic rings. The van der Waals surface area contributed by atoms with Gasteiger partial charge < -0.3 is 4.79 Å². The van der Waals surface area contributed by atoms with E-state index in [1.165, 1.54) is 32.1 Å². The van der Waals surface area contributed by atoms with Gasteiger partial charge in [0, 0.05) is 6.42 Å². The molecule has 0 aliphatic rings. The van der Waals surface area contributed by atoms with Gasteiger partial charge in [0.25, 0.3) is 0 Å². The summed E-state index contributed by atoms with van der Waals surface area (Å²) in [5.41, 5.74) is 0. The van der Waals surface area contributed by atoms with E-state index >= 15 is 0 Å². The number of carbonyl (C=O) groups is 1. The van der Waals surface area contributed by atoms with Crippen LogP contribution < -0.4 is 0 Å². The maximum Gasteiger partial charge on any atom is 0.119 e. The fourth-order valence-corrected chi connectivity index (χ4v) is 1.36. The summed E-state index contributed by atoms with van der Waals surface area (Å²) >= 11 is 0. The summed E-state index contributed by atoms with van der Waals surface area (Å²) in [5.74, 6) is 0. The number of aldehydes is 1. The summed E-state index contributed by atoms with van der Waals surface area (Å²) < 4.78 is 0. The third-order valence-corrected chi connectivity index (χ3v) is 2.28. The van der Waals surface area contributed by atoms with Gasteiger partial charge in [0.15, 0.2) is 0 Å². The van der Waals surface area contributed by atoms with E-state index in [0.717, 1.165) is 25.5 Å². The molecule has 0 aliphatic carbocycles. The molecule has 0 heterocycles. The Bertz CT molecular complexity index is 180. The van der Waals surface area contributed by atoms with Gasteiger partial charge in [-0.2, -0.15) is 0 Å². The van der Waals surface area contributed by atoms with Crippen LogP contribution in [0.1, 0.15) is 58.3 Å². The molecule has 0 aliphatic heterocycles. The first-order valence-corrected chi connectivity index (χ1v) is 6.17. The predicted octanol–water partition coefficient (Wildman–Crippen LogP) is 4.44. The third-order valence-electron chi connectivity index (χ3n) is 2.28. The Morgan fingerprint density at radius 3 is 2.00 bits per heavy atom. The van der Waals surface area contributed by atoms with Crippen LogP contribution in [0.5, 0.6) is 0 Å². The monoisotopic (exact) mass is 208 g/mol. The highest BCUT2D eigenvalue weighted by molar-refractivity contribution is 5.48. The molecule has 0 saturated heterocycles. The molecule has 0 aromatic heterocycles. The average molecular weight is 208 g/mol. The van der Waals surface area contributed by atoms with Crippen molar-refractivity contribution in [1.29, 1.82) is 0 Å². The zero-order valence-corrected chi connectivity index (χ0v) is 9.95. The van der Waals surface area contributed by atoms with Crippen molar-refractivity contribution in [3.8, 4) is 0 Å². The lowest BCUT2D eigenvalue weighted by atomic mass is 10.1. The Hall–Kier alpha value is -0.850. The summed E-state index contributed by atoms with van der Waals surface area (Å²) in [6.45, 7) is 2.19. The van der Waals surface area contributed by atoms with Gasteiger partial charge in [-0.25, -0.2) is 0 Å². The topological polar surface area (TPSA) is 17.1 Å². The lowest BCUT2D eigenvalue weighted by Crippen LogP contribution is -1.78. The van der Waals surface area contributed by atoms with Gasteiger partial charge in [0.1, 0.15) is 6.29 Å². The van der Waals surface area contributed by atoms with Crippen molar-refractivity contribution in [2.75, 3.05) is 0 Å². The number of hydrogen-bond acceptors (Lipinski definition) is 1. The molecule has 0 N–H and O–H groups in total. The van der Waals surface area contributed by atoms with Crippen LogP contribution in [0.25, 0.3) is 0 Å². The molecule has 0 unspecified atom stereocenters. The normalized spacial score (nSPS) is 11.5. The number of hydrogen-bond donors (Lipinski definition) is 0. The first kappa shape index (κ1) is 14.2. The van der Waals surface area contributed by atoms with Gasteiger partial charge in [-0.1, -0.05) is 50.5 Å². The maximum absolute atomic E-state index is 10.0. The van der Waals surface area contributed by atoms with Crippen LogP contribution in [0.4, 0.5) is 0 Å². The summed E-state index contributed by atoms with van der Waals surface area (Å²) in [6.07, 6.45) is 18.8. The first-order chi connectivity index (χ1) is 7.41. The highest BCUT2D eigenvalue weighted by Gasteiger charge is 1.87. The van der Waals surface area contributed by atoms with E-state index in [0.29, 0.717) is 0 Å². The summed E-state index contributed by atoms with van der Waals surface area (Å²) in [7, 11) is 0. The average Bonchev–Trinajstić information content (AvgIpc) is 2.26. The molecule has 0 fully saturated rings. The molecule has 0 aromatic carbocycles. The van der Waals surface area contributed by atoms with Gasteiger partial charge in [-0.15, -0.1) is 0 Å². The van der Waals surface area contributed by atoms with Gasteiger partial charge in [-0.3, -0.25) is 0 Å². The Morgan fingerprint density at radius 2 is 1.40 bits per heavy atom. The van der Waals surface area contributed by atoms with Crippen LogP contribution in [0, 0.1) is 0 Å². The van der Waals surface area contributed by atoms with Gasteiger partial charge in [0.05, 0.1) is 0 Å². The molecule has 0 saturated carbocycles. The minimum Gasteiger partial charge on any atom is -0.303 e. The highest BCUT2D eigenvalue weighted by Crippen LogP contribution is 2.04. The third kappa shape index (κ3) is 13.2. The molecule has 15 heavy (non-hydrogen) atoms. The lowest BCUT2D eigenvalue weighted by molar-refractivity contribution is -0.107. The first-order valence-electron chi connectivity index (χ1n) is 6.17. The molecule has 0 bridgehead atoms. The molecule has 0 radical (unpaired) electrons. The van der Waals surface area contributed by atoms with Crippen LogP contribution in [-0.4, -0.2) is 6.29 Å². The van der Waals surface area contributed by atoms with Crippen molar-refractivity contribution in [3.63, 3.8) is 0 Å². The van der Waals surface area contributed by atoms with E-state index in [-0.39, 0.29) is 0 Å². The van der Waals surface area contributed by atoms with Gasteiger partial charge >= 0.3 is 0 Å². The molecule has 0 amide bonds. The van der Waals surface area contributed by atoms with Crippen LogP contribution >= 0.6 is 0 Å². The summed E-state index contributed by atoms with van der Waals surface area (Å²) in [4.78, 5) is 10.0. The molecular weight excluding hydrogens is 184 g/mol. The summed E-state index contributed by atoms with van der Waals surface area (Å²) in [5, 5.41) is 0. The van der Waals surface area contributed by atoms with E-state index in [1.54, 1.807) is 0 Å². The molecule has 86 valence electrons. The Morgan fingerprint density at radius 1 is 0.800 bits per heavy atom. The number of allylic oxidation sites excluding steroid dienone is 4. The van der Waals surface area contributed by atoms with Crippen molar-refractivity contribution in [3.05, 3.63) is 24.3 Å². The van der Waals surface area contributed by atoms with E-state index < -0.39 is 0 Å². The second kappa shape index (κ2) is 13.2. The van der Waals surface area contributed by atoms with Crippen molar-refractivity contribution >= 4 is 6.29 Å². The zero-order valence-electron chi connectivity index (χ0n) is 9.95. The molecule has 0 spiro atoms. The van der Waals surface area contributed by atoms with Crippen LogP contribution in [0.3, 0.4) is 0 Å². The Kier molecular flexibility index (Phi) is 12.4. The number of rotatable bonds is 10. The minimum absolute atomic E-state index is 0.732. The van der Waals surface area contributed by atoms with E-state index in [2.05, 4.69) is 31.2 Å². The fraction of sp³-hybridized carbons (Fsp3) is 0.643. The maximum atomic E-state index is 10.0. The SMILES string of the molecule is CCCC=C/C=C/CCCCCCC=O. The number of carbonyl (C=O) groups excluding carboxylic acids is 1. The summed E-state index contributed by atoms with van der Waals surface area (Å²) in [6, 6.07) is 0. The van der Waals surface area contributed by atoms with E-state index in [1.807, 2.05) is 0 Å². The Labute approximate surface area is 94.3 Å². The molecule has 1 nitrogen and oxygen atoms in total. The molecular formula is C14H24O. The lowest BCUT2D eigenvalue weighted by Gasteiger charge is -1.95. The Balaban J connectivity index is 3.12. The van der Waals surface area contributed by atoms with E-state index in [4.69, 9.17) is 0 Å².